The fraction of sp³-hybridized carbons (Fsp3) is 0.867. The number of ether oxygens (including phenoxy) is 1. The predicted octanol–water partition coefficient (Wildman–Crippen LogP) is 2.28. The molecule has 0 bridgehead atoms. The largest absolute Gasteiger partial charge is 0.480 e. The Kier molecular flexibility index (Phi) is 6.95. The lowest BCUT2D eigenvalue weighted by molar-refractivity contribution is -0.139. The third-order valence-electron chi connectivity index (χ3n) is 4.30. The number of carboxylic acid groups (broad SMARTS) is 1. The van der Waals surface area contributed by atoms with Crippen molar-refractivity contribution in [2.24, 2.45) is 0 Å². The molecule has 2 unspecified atom stereocenters. The van der Waals surface area contributed by atoms with Gasteiger partial charge in [0.05, 0.1) is 5.60 Å². The molecule has 3 N–H and O–H groups in total. The van der Waals surface area contributed by atoms with Crippen molar-refractivity contribution < 1.29 is 19.4 Å². The van der Waals surface area contributed by atoms with Crippen LogP contribution >= 0.6 is 0 Å². The maximum absolute atomic E-state index is 12.0. The van der Waals surface area contributed by atoms with Gasteiger partial charge in [-0.1, -0.05) is 27.2 Å². The van der Waals surface area contributed by atoms with Crippen LogP contribution in [0.5, 0.6) is 0 Å². The number of hydrogen-bond donors (Lipinski definition) is 3. The van der Waals surface area contributed by atoms with Gasteiger partial charge in [0.25, 0.3) is 0 Å². The molecule has 1 rings (SSSR count). The minimum atomic E-state index is -0.990. The fourth-order valence-electron chi connectivity index (χ4n) is 2.83. The van der Waals surface area contributed by atoms with E-state index in [2.05, 4.69) is 24.5 Å². The Morgan fingerprint density at radius 3 is 2.52 bits per heavy atom. The Balaban J connectivity index is 2.52. The molecule has 6 nitrogen and oxygen atoms in total. The van der Waals surface area contributed by atoms with Gasteiger partial charge in [-0.25, -0.2) is 9.59 Å². The minimum Gasteiger partial charge on any atom is -0.480 e. The molecule has 0 radical (unpaired) electrons. The molecule has 1 aliphatic heterocycles. The number of carboxylic acids is 1. The molecule has 2 atom stereocenters. The summed E-state index contributed by atoms with van der Waals surface area (Å²) in [6, 6.07) is -1.18. The van der Waals surface area contributed by atoms with Crippen molar-refractivity contribution in [2.45, 2.75) is 77.0 Å². The molecule has 0 aliphatic carbocycles. The highest BCUT2D eigenvalue weighted by atomic mass is 16.5. The van der Waals surface area contributed by atoms with Crippen LogP contribution < -0.4 is 10.6 Å². The summed E-state index contributed by atoms with van der Waals surface area (Å²) < 4.78 is 5.87. The average molecular weight is 300 g/mol. The van der Waals surface area contributed by atoms with Gasteiger partial charge in [0, 0.05) is 12.6 Å². The van der Waals surface area contributed by atoms with Crippen molar-refractivity contribution in [1.82, 2.24) is 10.6 Å². The van der Waals surface area contributed by atoms with Gasteiger partial charge in [-0.15, -0.1) is 0 Å². The Labute approximate surface area is 126 Å². The molecule has 0 aromatic heterocycles. The molecule has 1 fully saturated rings. The number of carbonyl (C=O) groups excluding carboxylic acids is 1. The van der Waals surface area contributed by atoms with Gasteiger partial charge < -0.3 is 20.5 Å². The first-order valence-electron chi connectivity index (χ1n) is 7.90. The van der Waals surface area contributed by atoms with Crippen LogP contribution in [0, 0.1) is 0 Å². The van der Waals surface area contributed by atoms with E-state index < -0.39 is 18.0 Å². The third kappa shape index (κ3) is 5.19. The summed E-state index contributed by atoms with van der Waals surface area (Å²) in [5, 5.41) is 14.5. The summed E-state index contributed by atoms with van der Waals surface area (Å²) >= 11 is 0. The predicted molar refractivity (Wildman–Crippen MR) is 80.3 cm³/mol. The van der Waals surface area contributed by atoms with Crippen LogP contribution in [0.4, 0.5) is 4.79 Å². The minimum absolute atomic E-state index is 0.0368. The Morgan fingerprint density at radius 2 is 2.00 bits per heavy atom. The van der Waals surface area contributed by atoms with Crippen LogP contribution in [-0.2, 0) is 9.53 Å². The maximum atomic E-state index is 12.0. The summed E-state index contributed by atoms with van der Waals surface area (Å²) in [4.78, 5) is 23.0. The molecule has 0 saturated carbocycles. The fourth-order valence-corrected chi connectivity index (χ4v) is 2.83. The number of aliphatic carboxylic acids is 1. The molecule has 0 aromatic rings. The first kappa shape index (κ1) is 17.8. The monoisotopic (exact) mass is 300 g/mol. The zero-order valence-corrected chi connectivity index (χ0v) is 13.3. The van der Waals surface area contributed by atoms with Crippen LogP contribution in [0.25, 0.3) is 0 Å². The molecule has 2 amide bonds. The standard InChI is InChI=1S/C15H28N2O4/c1-4-7-12(13(18)19)17-14(20)16-11-8-9-21-15(5-2,6-3)10-11/h11-12H,4-10H2,1-3H3,(H,18,19)(H2,16,17,20). The summed E-state index contributed by atoms with van der Waals surface area (Å²) in [5.74, 6) is -0.990. The Bertz CT molecular complexity index is 356. The van der Waals surface area contributed by atoms with Crippen LogP contribution in [0.3, 0.4) is 0 Å². The second-order valence-corrected chi connectivity index (χ2v) is 5.73. The number of nitrogens with one attached hydrogen (secondary N) is 2. The normalized spacial score (nSPS) is 22.3. The van der Waals surface area contributed by atoms with Gasteiger partial charge in [-0.3, -0.25) is 0 Å². The van der Waals surface area contributed by atoms with E-state index in [4.69, 9.17) is 9.84 Å². The van der Waals surface area contributed by atoms with E-state index in [-0.39, 0.29) is 11.6 Å². The molecule has 6 heteroatoms. The van der Waals surface area contributed by atoms with Crippen LogP contribution in [0.2, 0.25) is 0 Å². The van der Waals surface area contributed by atoms with Crippen molar-refractivity contribution in [2.75, 3.05) is 6.61 Å². The highest BCUT2D eigenvalue weighted by Crippen LogP contribution is 2.31. The lowest BCUT2D eigenvalue weighted by Gasteiger charge is -2.40. The van der Waals surface area contributed by atoms with E-state index in [9.17, 15) is 9.59 Å². The molecule has 1 aliphatic rings. The van der Waals surface area contributed by atoms with Gasteiger partial charge in [0.1, 0.15) is 6.04 Å². The Morgan fingerprint density at radius 1 is 1.33 bits per heavy atom. The quantitative estimate of drug-likeness (QED) is 0.673. The number of rotatable bonds is 7. The average Bonchev–Trinajstić information content (AvgIpc) is 2.46. The number of carbonyl (C=O) groups is 2. The lowest BCUT2D eigenvalue weighted by Crippen LogP contribution is -2.53. The smallest absolute Gasteiger partial charge is 0.326 e. The maximum Gasteiger partial charge on any atom is 0.326 e. The Hall–Kier alpha value is -1.30. The SMILES string of the molecule is CCCC(NC(=O)NC1CCOC(CC)(CC)C1)C(=O)O. The van der Waals surface area contributed by atoms with E-state index in [1.807, 2.05) is 6.92 Å². The summed E-state index contributed by atoms with van der Waals surface area (Å²) in [6.45, 7) is 6.70. The molecular weight excluding hydrogens is 272 g/mol. The number of urea groups is 1. The molecular formula is C15H28N2O4. The van der Waals surface area contributed by atoms with Crippen molar-refractivity contribution >= 4 is 12.0 Å². The lowest BCUT2D eigenvalue weighted by atomic mass is 9.86. The summed E-state index contributed by atoms with van der Waals surface area (Å²) in [6.07, 6.45) is 4.51. The molecule has 0 aromatic carbocycles. The van der Waals surface area contributed by atoms with E-state index in [1.165, 1.54) is 0 Å². The number of amides is 2. The van der Waals surface area contributed by atoms with Crippen molar-refractivity contribution in [3.8, 4) is 0 Å². The summed E-state index contributed by atoms with van der Waals surface area (Å²) in [5.41, 5.74) is -0.161. The van der Waals surface area contributed by atoms with Crippen molar-refractivity contribution in [3.05, 3.63) is 0 Å². The van der Waals surface area contributed by atoms with Crippen LogP contribution in [-0.4, -0.2) is 41.4 Å². The second-order valence-electron chi connectivity index (χ2n) is 5.73. The molecule has 1 heterocycles. The van der Waals surface area contributed by atoms with E-state index >= 15 is 0 Å². The van der Waals surface area contributed by atoms with Crippen LogP contribution in [0.15, 0.2) is 0 Å². The van der Waals surface area contributed by atoms with Gasteiger partial charge >= 0.3 is 12.0 Å². The van der Waals surface area contributed by atoms with Gasteiger partial charge in [0.2, 0.25) is 0 Å². The van der Waals surface area contributed by atoms with Crippen LogP contribution in [0.1, 0.15) is 59.3 Å². The third-order valence-corrected chi connectivity index (χ3v) is 4.30. The topological polar surface area (TPSA) is 87.7 Å². The zero-order chi connectivity index (χ0) is 15.9. The van der Waals surface area contributed by atoms with Crippen molar-refractivity contribution in [3.63, 3.8) is 0 Å². The summed E-state index contributed by atoms with van der Waals surface area (Å²) in [7, 11) is 0. The van der Waals surface area contributed by atoms with E-state index in [0.717, 1.165) is 25.7 Å². The molecule has 21 heavy (non-hydrogen) atoms. The van der Waals surface area contributed by atoms with E-state index in [1.54, 1.807) is 0 Å². The number of hydrogen-bond acceptors (Lipinski definition) is 3. The van der Waals surface area contributed by atoms with Gasteiger partial charge in [-0.2, -0.15) is 0 Å². The first-order valence-corrected chi connectivity index (χ1v) is 7.90. The highest BCUT2D eigenvalue weighted by Gasteiger charge is 2.35. The molecule has 122 valence electrons. The zero-order valence-electron chi connectivity index (χ0n) is 13.3. The van der Waals surface area contributed by atoms with E-state index in [0.29, 0.717) is 19.4 Å². The second kappa shape index (κ2) is 8.22. The van der Waals surface area contributed by atoms with Crippen molar-refractivity contribution in [1.29, 1.82) is 0 Å². The highest BCUT2D eigenvalue weighted by molar-refractivity contribution is 5.82. The van der Waals surface area contributed by atoms with Gasteiger partial charge in [0.15, 0.2) is 0 Å². The molecule has 1 saturated heterocycles. The first-order chi connectivity index (χ1) is 9.96. The molecule has 0 spiro atoms. The van der Waals surface area contributed by atoms with Gasteiger partial charge in [-0.05, 0) is 32.1 Å².